The zero-order valence-electron chi connectivity index (χ0n) is 16.2. The molecule has 0 saturated heterocycles. The topological polar surface area (TPSA) is 84.1 Å². The molecule has 0 saturated carbocycles. The number of benzene rings is 2. The number of ether oxygens (including phenoxy) is 1. The highest BCUT2D eigenvalue weighted by Crippen LogP contribution is 2.29. The Morgan fingerprint density at radius 2 is 1.67 bits per heavy atom. The van der Waals surface area contributed by atoms with Gasteiger partial charge >= 0.3 is 5.97 Å². The number of H-pyrrole nitrogens is 1. The second-order valence-electron chi connectivity index (χ2n) is 6.58. The molecule has 0 fully saturated rings. The zero-order chi connectivity index (χ0) is 20.9. The van der Waals surface area contributed by atoms with Crippen molar-refractivity contribution in [3.63, 3.8) is 0 Å². The highest BCUT2D eigenvalue weighted by molar-refractivity contribution is 7.14. The Labute approximate surface area is 177 Å². The van der Waals surface area contributed by atoms with E-state index in [1.807, 2.05) is 66.0 Å². The second-order valence-corrected chi connectivity index (χ2v) is 7.43. The number of nitrogens with zero attached hydrogens (tertiary/aromatic N) is 1. The Balaban J connectivity index is 1.56. The van der Waals surface area contributed by atoms with Gasteiger partial charge in [0.2, 0.25) is 5.91 Å². The second kappa shape index (κ2) is 8.75. The first-order valence-corrected chi connectivity index (χ1v) is 10.2. The van der Waals surface area contributed by atoms with Crippen molar-refractivity contribution in [1.82, 2.24) is 9.97 Å². The van der Waals surface area contributed by atoms with Crippen molar-refractivity contribution in [1.29, 1.82) is 0 Å². The van der Waals surface area contributed by atoms with E-state index in [0.717, 1.165) is 16.7 Å². The highest BCUT2D eigenvalue weighted by Gasteiger charge is 2.23. The van der Waals surface area contributed by atoms with Gasteiger partial charge in [-0.05, 0) is 17.2 Å². The summed E-state index contributed by atoms with van der Waals surface area (Å²) in [7, 11) is 1.33. The minimum absolute atomic E-state index is 0.155. The summed E-state index contributed by atoms with van der Waals surface area (Å²) in [5.41, 5.74) is 3.57. The number of aromatic nitrogens is 2. The Morgan fingerprint density at radius 1 is 1.03 bits per heavy atom. The summed E-state index contributed by atoms with van der Waals surface area (Å²) in [4.78, 5) is 32.2. The predicted molar refractivity (Wildman–Crippen MR) is 117 cm³/mol. The smallest absolute Gasteiger partial charge is 0.354 e. The van der Waals surface area contributed by atoms with E-state index in [4.69, 9.17) is 4.74 Å². The van der Waals surface area contributed by atoms with Crippen LogP contribution in [-0.2, 0) is 9.53 Å². The molecule has 6 nitrogen and oxygen atoms in total. The molecule has 0 bridgehead atoms. The highest BCUT2D eigenvalue weighted by atomic mass is 32.1. The molecule has 4 aromatic rings. The lowest BCUT2D eigenvalue weighted by molar-refractivity contribution is -0.116. The monoisotopic (exact) mass is 417 g/mol. The number of rotatable bonds is 6. The molecule has 0 radical (unpaired) electrons. The lowest BCUT2D eigenvalue weighted by Gasteiger charge is -2.17. The standard InChI is InChI=1S/C23H19N3O3S/c1-29-22(28)18-12-17(13-24-18)19-14-30-23(25-19)26-21(27)20(15-8-4-2-5-9-15)16-10-6-3-7-11-16/h2-14,20,24H,1H3,(H,25,26,27). The molecule has 150 valence electrons. The van der Waals surface area contributed by atoms with E-state index in [9.17, 15) is 9.59 Å². The van der Waals surface area contributed by atoms with Gasteiger partial charge in [-0.15, -0.1) is 11.3 Å². The van der Waals surface area contributed by atoms with Gasteiger partial charge in [0.05, 0.1) is 18.7 Å². The normalized spacial score (nSPS) is 10.7. The van der Waals surface area contributed by atoms with Crippen LogP contribution in [0.25, 0.3) is 11.3 Å². The van der Waals surface area contributed by atoms with E-state index in [0.29, 0.717) is 16.5 Å². The number of carbonyl (C=O) groups excluding carboxylic acids is 2. The molecule has 1 amide bonds. The lowest BCUT2D eigenvalue weighted by Crippen LogP contribution is -2.22. The first kappa shape index (κ1) is 19.6. The molecule has 2 N–H and O–H groups in total. The van der Waals surface area contributed by atoms with E-state index in [-0.39, 0.29) is 5.91 Å². The average molecular weight is 417 g/mol. The molecule has 2 aromatic carbocycles. The van der Waals surface area contributed by atoms with E-state index >= 15 is 0 Å². The number of anilines is 1. The van der Waals surface area contributed by atoms with Gasteiger partial charge in [0.15, 0.2) is 5.13 Å². The summed E-state index contributed by atoms with van der Waals surface area (Å²) in [5, 5.41) is 5.26. The van der Waals surface area contributed by atoms with Gasteiger partial charge in [0, 0.05) is 17.1 Å². The van der Waals surface area contributed by atoms with Gasteiger partial charge in [0.25, 0.3) is 0 Å². The number of thiazole rings is 1. The van der Waals surface area contributed by atoms with Crippen molar-refractivity contribution in [2.24, 2.45) is 0 Å². The molecular formula is C23H19N3O3S. The zero-order valence-corrected chi connectivity index (χ0v) is 17.0. The quantitative estimate of drug-likeness (QED) is 0.446. The molecule has 0 aliphatic carbocycles. The average Bonchev–Trinajstić information content (AvgIpc) is 3.45. The third-order valence-electron chi connectivity index (χ3n) is 4.65. The summed E-state index contributed by atoms with van der Waals surface area (Å²) in [6.45, 7) is 0. The molecule has 0 aliphatic rings. The number of aromatic amines is 1. The summed E-state index contributed by atoms with van der Waals surface area (Å²) in [6, 6.07) is 21.0. The fourth-order valence-electron chi connectivity index (χ4n) is 3.20. The Morgan fingerprint density at radius 3 is 2.27 bits per heavy atom. The van der Waals surface area contributed by atoms with Gasteiger partial charge in [-0.25, -0.2) is 9.78 Å². The summed E-state index contributed by atoms with van der Waals surface area (Å²) >= 11 is 1.33. The minimum Gasteiger partial charge on any atom is -0.464 e. The first-order chi connectivity index (χ1) is 14.7. The van der Waals surface area contributed by atoms with Crippen LogP contribution in [0.4, 0.5) is 5.13 Å². The van der Waals surface area contributed by atoms with Crippen molar-refractivity contribution >= 4 is 28.3 Å². The molecule has 0 unspecified atom stereocenters. The van der Waals surface area contributed by atoms with Crippen LogP contribution in [0.3, 0.4) is 0 Å². The van der Waals surface area contributed by atoms with Crippen molar-refractivity contribution in [3.05, 3.63) is 95.1 Å². The van der Waals surface area contributed by atoms with Crippen molar-refractivity contribution < 1.29 is 14.3 Å². The van der Waals surface area contributed by atoms with Gasteiger partial charge in [0.1, 0.15) is 5.69 Å². The fraction of sp³-hybridized carbons (Fsp3) is 0.0870. The van der Waals surface area contributed by atoms with E-state index in [1.54, 1.807) is 12.3 Å². The predicted octanol–water partition coefficient (Wildman–Crippen LogP) is 4.70. The van der Waals surface area contributed by atoms with Crippen LogP contribution in [0.1, 0.15) is 27.5 Å². The van der Waals surface area contributed by atoms with Crippen LogP contribution in [0, 0.1) is 0 Å². The largest absolute Gasteiger partial charge is 0.464 e. The number of esters is 1. The Bertz CT molecular complexity index is 1110. The van der Waals surface area contributed by atoms with E-state index in [2.05, 4.69) is 15.3 Å². The molecule has 0 spiro atoms. The third kappa shape index (κ3) is 4.16. The maximum atomic E-state index is 13.2. The maximum absolute atomic E-state index is 13.2. The van der Waals surface area contributed by atoms with Gasteiger partial charge in [-0.2, -0.15) is 0 Å². The minimum atomic E-state index is -0.446. The molecule has 2 aromatic heterocycles. The molecule has 0 atom stereocenters. The number of nitrogens with one attached hydrogen (secondary N) is 2. The fourth-order valence-corrected chi connectivity index (χ4v) is 3.92. The number of carbonyl (C=O) groups is 2. The summed E-state index contributed by atoms with van der Waals surface area (Å²) in [6.07, 6.45) is 1.68. The number of methoxy groups -OCH3 is 1. The van der Waals surface area contributed by atoms with Crippen molar-refractivity contribution in [2.45, 2.75) is 5.92 Å². The molecular weight excluding hydrogens is 398 g/mol. The molecule has 0 aliphatic heterocycles. The number of hydrogen-bond donors (Lipinski definition) is 2. The van der Waals surface area contributed by atoms with Crippen LogP contribution < -0.4 is 5.32 Å². The molecule has 4 rings (SSSR count). The maximum Gasteiger partial charge on any atom is 0.354 e. The summed E-state index contributed by atoms with van der Waals surface area (Å²) in [5.74, 6) is -1.05. The lowest BCUT2D eigenvalue weighted by atomic mass is 9.90. The van der Waals surface area contributed by atoms with Gasteiger partial charge in [-0.1, -0.05) is 60.7 Å². The van der Waals surface area contributed by atoms with E-state index < -0.39 is 11.9 Å². The molecule has 2 heterocycles. The molecule has 7 heteroatoms. The summed E-state index contributed by atoms with van der Waals surface area (Å²) < 4.78 is 4.71. The van der Waals surface area contributed by atoms with Crippen LogP contribution >= 0.6 is 11.3 Å². The number of hydrogen-bond acceptors (Lipinski definition) is 5. The van der Waals surface area contributed by atoms with Crippen LogP contribution in [-0.4, -0.2) is 29.0 Å². The first-order valence-electron chi connectivity index (χ1n) is 9.29. The Hall–Kier alpha value is -3.71. The van der Waals surface area contributed by atoms with Gasteiger partial charge in [-0.3, -0.25) is 4.79 Å². The molecule has 30 heavy (non-hydrogen) atoms. The van der Waals surface area contributed by atoms with Crippen LogP contribution in [0.15, 0.2) is 78.3 Å². The van der Waals surface area contributed by atoms with Crippen molar-refractivity contribution in [3.8, 4) is 11.3 Å². The van der Waals surface area contributed by atoms with Crippen LogP contribution in [0.2, 0.25) is 0 Å². The van der Waals surface area contributed by atoms with E-state index in [1.165, 1.54) is 18.4 Å². The Kier molecular flexibility index (Phi) is 5.72. The number of amides is 1. The van der Waals surface area contributed by atoms with Crippen LogP contribution in [0.5, 0.6) is 0 Å². The van der Waals surface area contributed by atoms with Crippen molar-refractivity contribution in [2.75, 3.05) is 12.4 Å². The van der Waals surface area contributed by atoms with Gasteiger partial charge < -0.3 is 15.0 Å². The SMILES string of the molecule is COC(=O)c1cc(-c2csc(NC(=O)C(c3ccccc3)c3ccccc3)n2)c[nH]1. The third-order valence-corrected chi connectivity index (χ3v) is 5.40.